The first-order chi connectivity index (χ1) is 9.45. The van der Waals surface area contributed by atoms with Gasteiger partial charge in [-0.15, -0.1) is 0 Å². The number of methoxy groups -OCH3 is 1. The van der Waals surface area contributed by atoms with Crippen LogP contribution in [-0.4, -0.2) is 38.5 Å². The Morgan fingerprint density at radius 3 is 2.10 bits per heavy atom. The molecule has 112 valence electrons. The Morgan fingerprint density at radius 2 is 1.75 bits per heavy atom. The number of carbonyl (C=O) groups excluding carboxylic acids is 1. The summed E-state index contributed by atoms with van der Waals surface area (Å²) in [6.07, 6.45) is 1.95. The van der Waals surface area contributed by atoms with Crippen LogP contribution >= 0.6 is 0 Å². The lowest BCUT2D eigenvalue weighted by molar-refractivity contribution is -0.130. The van der Waals surface area contributed by atoms with Gasteiger partial charge in [-0.1, -0.05) is 51.1 Å². The van der Waals surface area contributed by atoms with Crippen LogP contribution in [-0.2, 0) is 15.1 Å². The highest BCUT2D eigenvalue weighted by atomic mass is 16.4. The molecule has 1 aliphatic heterocycles. The van der Waals surface area contributed by atoms with Crippen molar-refractivity contribution in [3.63, 3.8) is 0 Å². The third kappa shape index (κ3) is 3.47. The van der Waals surface area contributed by atoms with Crippen LogP contribution in [0.2, 0.25) is 0 Å². The van der Waals surface area contributed by atoms with Gasteiger partial charge in [0, 0.05) is 27.3 Å². The fourth-order valence-electron chi connectivity index (χ4n) is 2.83. The first-order valence-electron chi connectivity index (χ1n) is 7.13. The van der Waals surface area contributed by atoms with Gasteiger partial charge in [0.15, 0.2) is 0 Å². The fourth-order valence-corrected chi connectivity index (χ4v) is 2.83. The van der Waals surface area contributed by atoms with Crippen molar-refractivity contribution in [1.82, 2.24) is 4.90 Å². The normalized spacial score (nSPS) is 20.1. The summed E-state index contributed by atoms with van der Waals surface area (Å²) in [4.78, 5) is 14.0. The van der Waals surface area contributed by atoms with E-state index in [1.807, 2.05) is 18.2 Å². The minimum absolute atomic E-state index is 0.345. The smallest absolute Gasteiger partial charge is 0.144 e. The number of aldehydes is 1. The molecule has 0 N–H and O–H groups in total. The number of likely N-dealkylation sites (tertiary alicyclic amines) is 1. The van der Waals surface area contributed by atoms with Gasteiger partial charge in [0.2, 0.25) is 0 Å². The summed E-state index contributed by atoms with van der Waals surface area (Å²) < 4.78 is 4.25. The first kappa shape index (κ1) is 16.9. The number of benzene rings is 1. The number of carbonyl (C=O) groups is 1. The molecule has 2 rings (SSSR count). The molecule has 0 radical (unpaired) electrons. The van der Waals surface area contributed by atoms with Crippen molar-refractivity contribution in [2.24, 2.45) is 5.41 Å². The quantitative estimate of drug-likeness (QED) is 0.792. The monoisotopic (exact) mass is 277 g/mol. The molecule has 0 bridgehead atoms. The second-order valence-corrected chi connectivity index (χ2v) is 6.19. The van der Waals surface area contributed by atoms with Crippen LogP contribution in [0.3, 0.4) is 0 Å². The highest BCUT2D eigenvalue weighted by molar-refractivity contribution is 5.68. The number of rotatable bonds is 4. The van der Waals surface area contributed by atoms with Gasteiger partial charge in [-0.25, -0.2) is 0 Å². The van der Waals surface area contributed by atoms with Crippen molar-refractivity contribution in [3.8, 4) is 0 Å². The lowest BCUT2D eigenvalue weighted by atomic mass is 9.76. The Bertz CT molecular complexity index is 408. The van der Waals surface area contributed by atoms with E-state index in [-0.39, 0.29) is 0 Å². The van der Waals surface area contributed by atoms with E-state index < -0.39 is 5.54 Å². The molecule has 1 fully saturated rings. The van der Waals surface area contributed by atoms with Gasteiger partial charge in [0.05, 0.1) is 0 Å². The summed E-state index contributed by atoms with van der Waals surface area (Å²) in [5.74, 6) is 0. The average Bonchev–Trinajstić information content (AvgIpc) is 2.41. The van der Waals surface area contributed by atoms with Gasteiger partial charge in [-0.05, 0) is 17.4 Å². The van der Waals surface area contributed by atoms with Crippen LogP contribution in [0.5, 0.6) is 0 Å². The van der Waals surface area contributed by atoms with Gasteiger partial charge in [-0.3, -0.25) is 4.90 Å². The van der Waals surface area contributed by atoms with Crippen LogP contribution < -0.4 is 0 Å². The Hall–Kier alpha value is -1.19. The van der Waals surface area contributed by atoms with Gasteiger partial charge >= 0.3 is 0 Å². The fraction of sp³-hybridized carbons (Fsp3) is 0.588. The zero-order chi connectivity index (χ0) is 15.2. The zero-order valence-corrected chi connectivity index (χ0v) is 13.3. The molecule has 1 aromatic carbocycles. The molecule has 20 heavy (non-hydrogen) atoms. The Morgan fingerprint density at radius 1 is 1.25 bits per heavy atom. The summed E-state index contributed by atoms with van der Waals surface area (Å²) in [6, 6.07) is 10.1. The van der Waals surface area contributed by atoms with Crippen molar-refractivity contribution in [1.29, 1.82) is 0 Å². The van der Waals surface area contributed by atoms with Crippen molar-refractivity contribution < 1.29 is 9.53 Å². The molecule has 0 aliphatic carbocycles. The van der Waals surface area contributed by atoms with Crippen LogP contribution in [0, 0.1) is 5.41 Å². The number of ether oxygens (including phenoxy) is 1. The van der Waals surface area contributed by atoms with Crippen LogP contribution in [0.25, 0.3) is 0 Å². The third-order valence-corrected chi connectivity index (χ3v) is 3.81. The van der Waals surface area contributed by atoms with E-state index in [0.717, 1.165) is 31.4 Å². The van der Waals surface area contributed by atoms with Crippen molar-refractivity contribution in [3.05, 3.63) is 35.9 Å². The van der Waals surface area contributed by atoms with Gasteiger partial charge < -0.3 is 9.53 Å². The largest absolute Gasteiger partial charge is 0.388 e. The molecule has 0 aromatic heterocycles. The number of hydrogen-bond donors (Lipinski definition) is 0. The SMILES string of the molecule is CCC(C=O)(c1ccccc1)N1CC(C)(C)C1.COC. The minimum Gasteiger partial charge on any atom is -0.388 e. The van der Waals surface area contributed by atoms with E-state index in [9.17, 15) is 4.79 Å². The van der Waals surface area contributed by atoms with E-state index in [0.29, 0.717) is 5.41 Å². The van der Waals surface area contributed by atoms with E-state index >= 15 is 0 Å². The van der Waals surface area contributed by atoms with Crippen LogP contribution in [0.4, 0.5) is 0 Å². The Kier molecular flexibility index (Phi) is 5.90. The molecular weight excluding hydrogens is 250 g/mol. The summed E-state index contributed by atoms with van der Waals surface area (Å²) in [5.41, 5.74) is 1.04. The Balaban J connectivity index is 0.000000612. The standard InChI is InChI=1S/C15H21NO.C2H6O/c1-4-15(12-17,13-8-6-5-7-9-13)16-10-14(2,3)11-16;1-3-2/h5-9,12H,4,10-11H2,1-3H3;1-2H3. The van der Waals surface area contributed by atoms with E-state index in [1.54, 1.807) is 14.2 Å². The molecule has 0 saturated carbocycles. The summed E-state index contributed by atoms with van der Waals surface area (Å²) >= 11 is 0. The molecule has 0 spiro atoms. The summed E-state index contributed by atoms with van der Waals surface area (Å²) in [6.45, 7) is 8.58. The van der Waals surface area contributed by atoms with E-state index in [2.05, 4.69) is 42.5 Å². The average molecular weight is 277 g/mol. The van der Waals surface area contributed by atoms with Crippen LogP contribution in [0.1, 0.15) is 32.8 Å². The van der Waals surface area contributed by atoms with Crippen molar-refractivity contribution in [2.45, 2.75) is 32.7 Å². The second kappa shape index (κ2) is 7.00. The number of hydrogen-bond acceptors (Lipinski definition) is 3. The molecule has 3 heteroatoms. The molecule has 1 unspecified atom stereocenters. The lowest BCUT2D eigenvalue weighted by Gasteiger charge is -2.54. The maximum absolute atomic E-state index is 11.7. The van der Waals surface area contributed by atoms with Crippen LogP contribution in [0.15, 0.2) is 30.3 Å². The molecule has 1 saturated heterocycles. The Labute approximate surface area is 122 Å². The third-order valence-electron chi connectivity index (χ3n) is 3.81. The minimum atomic E-state index is -0.420. The predicted octanol–water partition coefficient (Wildman–Crippen LogP) is 3.10. The van der Waals surface area contributed by atoms with Gasteiger partial charge in [0.1, 0.15) is 11.8 Å². The van der Waals surface area contributed by atoms with Crippen molar-refractivity contribution in [2.75, 3.05) is 27.3 Å². The maximum atomic E-state index is 11.7. The molecule has 1 aromatic rings. The molecular formula is C17H27NO2. The predicted molar refractivity (Wildman–Crippen MR) is 82.8 cm³/mol. The zero-order valence-electron chi connectivity index (χ0n) is 13.3. The molecule has 1 heterocycles. The maximum Gasteiger partial charge on any atom is 0.144 e. The molecule has 1 atom stereocenters. The molecule has 3 nitrogen and oxygen atoms in total. The molecule has 1 aliphatic rings. The highest BCUT2D eigenvalue weighted by Crippen LogP contribution is 2.40. The van der Waals surface area contributed by atoms with Gasteiger partial charge in [0.25, 0.3) is 0 Å². The summed E-state index contributed by atoms with van der Waals surface area (Å²) in [5, 5.41) is 0. The second-order valence-electron chi connectivity index (χ2n) is 6.19. The number of nitrogens with zero attached hydrogens (tertiary/aromatic N) is 1. The van der Waals surface area contributed by atoms with Gasteiger partial charge in [-0.2, -0.15) is 0 Å². The van der Waals surface area contributed by atoms with E-state index in [4.69, 9.17) is 0 Å². The van der Waals surface area contributed by atoms with Crippen molar-refractivity contribution >= 4 is 6.29 Å². The molecule has 0 amide bonds. The van der Waals surface area contributed by atoms with E-state index in [1.165, 1.54) is 0 Å². The summed E-state index contributed by atoms with van der Waals surface area (Å²) in [7, 11) is 3.25. The first-order valence-corrected chi connectivity index (χ1v) is 7.13. The lowest BCUT2D eigenvalue weighted by Crippen LogP contribution is -2.62. The topological polar surface area (TPSA) is 29.5 Å². The highest BCUT2D eigenvalue weighted by Gasteiger charge is 2.46.